The molecule has 2 heterocycles. The van der Waals surface area contributed by atoms with Crippen molar-refractivity contribution in [2.24, 2.45) is 5.92 Å². The van der Waals surface area contributed by atoms with Crippen molar-refractivity contribution in [2.75, 3.05) is 18.4 Å². The summed E-state index contributed by atoms with van der Waals surface area (Å²) in [7, 11) is 0. The molecule has 0 unspecified atom stereocenters. The van der Waals surface area contributed by atoms with Crippen molar-refractivity contribution < 1.29 is 4.79 Å². The first-order valence-corrected chi connectivity index (χ1v) is 7.41. The quantitative estimate of drug-likeness (QED) is 0.884. The Bertz CT molecular complexity index is 439. The molecule has 19 heavy (non-hydrogen) atoms. The standard InChI is InChI=1S/C16H22N2O/c1-2-12-7-9-18(10-8-12)16(19)15-11-13-5-3-4-6-14(13)17-15/h3-6,12,15,17H,2,7-11H2,1H3/t15-/m0/s1. The zero-order valence-electron chi connectivity index (χ0n) is 11.6. The van der Waals surface area contributed by atoms with E-state index >= 15 is 0 Å². The van der Waals surface area contributed by atoms with Crippen LogP contribution < -0.4 is 5.32 Å². The second-order valence-corrected chi connectivity index (χ2v) is 5.74. The molecule has 1 aromatic carbocycles. The number of para-hydroxylation sites is 1. The average molecular weight is 258 g/mol. The van der Waals surface area contributed by atoms with Crippen molar-refractivity contribution in [2.45, 2.75) is 38.6 Å². The van der Waals surface area contributed by atoms with Gasteiger partial charge in [0.1, 0.15) is 6.04 Å². The van der Waals surface area contributed by atoms with E-state index in [1.54, 1.807) is 0 Å². The van der Waals surface area contributed by atoms with E-state index in [9.17, 15) is 4.79 Å². The molecule has 0 radical (unpaired) electrons. The maximum absolute atomic E-state index is 12.5. The predicted molar refractivity (Wildman–Crippen MR) is 77.2 cm³/mol. The van der Waals surface area contributed by atoms with Crippen LogP contribution in [0.2, 0.25) is 0 Å². The third-order valence-electron chi connectivity index (χ3n) is 4.57. The van der Waals surface area contributed by atoms with Crippen molar-refractivity contribution in [1.29, 1.82) is 0 Å². The fourth-order valence-electron chi connectivity index (χ4n) is 3.23. The lowest BCUT2D eigenvalue weighted by Crippen LogP contribution is -2.45. The Morgan fingerprint density at radius 1 is 1.32 bits per heavy atom. The number of benzene rings is 1. The fourth-order valence-corrected chi connectivity index (χ4v) is 3.23. The molecule has 1 amide bonds. The first-order chi connectivity index (χ1) is 9.28. The number of hydrogen-bond donors (Lipinski definition) is 1. The van der Waals surface area contributed by atoms with E-state index in [-0.39, 0.29) is 11.9 Å². The van der Waals surface area contributed by atoms with Crippen LogP contribution >= 0.6 is 0 Å². The topological polar surface area (TPSA) is 32.3 Å². The Balaban J connectivity index is 1.61. The second kappa shape index (κ2) is 5.24. The van der Waals surface area contributed by atoms with Crippen LogP contribution in [0.15, 0.2) is 24.3 Å². The molecule has 2 aliphatic heterocycles. The predicted octanol–water partition coefficient (Wildman–Crippen LogP) is 2.67. The Labute approximate surface area is 115 Å². The SMILES string of the molecule is CCC1CCN(C(=O)[C@@H]2Cc3ccccc3N2)CC1. The van der Waals surface area contributed by atoms with Gasteiger partial charge in [-0.15, -0.1) is 0 Å². The zero-order valence-corrected chi connectivity index (χ0v) is 11.6. The Morgan fingerprint density at radius 2 is 2.05 bits per heavy atom. The summed E-state index contributed by atoms with van der Waals surface area (Å²) in [5.74, 6) is 1.10. The van der Waals surface area contributed by atoms with Crippen molar-refractivity contribution >= 4 is 11.6 Å². The highest BCUT2D eigenvalue weighted by Crippen LogP contribution is 2.27. The van der Waals surface area contributed by atoms with E-state index in [0.717, 1.165) is 31.1 Å². The van der Waals surface area contributed by atoms with Crippen LogP contribution in [-0.2, 0) is 11.2 Å². The molecular weight excluding hydrogens is 236 g/mol. The minimum atomic E-state index is -0.0458. The molecule has 0 aliphatic carbocycles. The van der Waals surface area contributed by atoms with E-state index in [4.69, 9.17) is 0 Å². The summed E-state index contributed by atoms with van der Waals surface area (Å²) < 4.78 is 0. The smallest absolute Gasteiger partial charge is 0.245 e. The monoisotopic (exact) mass is 258 g/mol. The number of carbonyl (C=O) groups excluding carboxylic acids is 1. The molecule has 3 nitrogen and oxygen atoms in total. The number of hydrogen-bond acceptors (Lipinski definition) is 2. The van der Waals surface area contributed by atoms with Gasteiger partial charge in [-0.1, -0.05) is 31.5 Å². The summed E-state index contributed by atoms with van der Waals surface area (Å²) in [5.41, 5.74) is 2.40. The maximum Gasteiger partial charge on any atom is 0.245 e. The van der Waals surface area contributed by atoms with E-state index < -0.39 is 0 Å². The lowest BCUT2D eigenvalue weighted by molar-refractivity contribution is -0.133. The summed E-state index contributed by atoms with van der Waals surface area (Å²) in [6.45, 7) is 4.12. The molecule has 1 saturated heterocycles. The van der Waals surface area contributed by atoms with Crippen LogP contribution in [0.1, 0.15) is 31.7 Å². The number of likely N-dealkylation sites (tertiary alicyclic amines) is 1. The van der Waals surface area contributed by atoms with Crippen LogP contribution in [0, 0.1) is 5.92 Å². The van der Waals surface area contributed by atoms with Crippen LogP contribution in [0.25, 0.3) is 0 Å². The summed E-state index contributed by atoms with van der Waals surface area (Å²) in [4.78, 5) is 14.6. The van der Waals surface area contributed by atoms with E-state index in [2.05, 4.69) is 29.3 Å². The molecule has 1 atom stereocenters. The van der Waals surface area contributed by atoms with Crippen molar-refractivity contribution in [3.05, 3.63) is 29.8 Å². The Kier molecular flexibility index (Phi) is 3.45. The zero-order chi connectivity index (χ0) is 13.2. The van der Waals surface area contributed by atoms with Gasteiger partial charge in [0.15, 0.2) is 0 Å². The van der Waals surface area contributed by atoms with Gasteiger partial charge in [0.2, 0.25) is 5.91 Å². The summed E-state index contributed by atoms with van der Waals surface area (Å²) in [6, 6.07) is 8.19. The van der Waals surface area contributed by atoms with Crippen LogP contribution in [0.4, 0.5) is 5.69 Å². The molecule has 1 fully saturated rings. The molecule has 0 saturated carbocycles. The van der Waals surface area contributed by atoms with Gasteiger partial charge in [0.05, 0.1) is 0 Å². The number of carbonyl (C=O) groups is 1. The summed E-state index contributed by atoms with van der Waals surface area (Å²) in [5, 5.41) is 3.37. The molecule has 3 heteroatoms. The minimum absolute atomic E-state index is 0.0458. The molecule has 3 rings (SSSR count). The molecule has 0 aromatic heterocycles. The molecule has 0 spiro atoms. The van der Waals surface area contributed by atoms with E-state index in [1.807, 2.05) is 12.1 Å². The number of rotatable bonds is 2. The number of nitrogens with one attached hydrogen (secondary N) is 1. The number of nitrogens with zero attached hydrogens (tertiary/aromatic N) is 1. The van der Waals surface area contributed by atoms with Crippen molar-refractivity contribution in [3.63, 3.8) is 0 Å². The molecule has 1 aromatic rings. The summed E-state index contributed by atoms with van der Waals surface area (Å²) >= 11 is 0. The van der Waals surface area contributed by atoms with Gasteiger partial charge >= 0.3 is 0 Å². The lowest BCUT2D eigenvalue weighted by Gasteiger charge is -2.33. The van der Waals surface area contributed by atoms with Gasteiger partial charge < -0.3 is 10.2 Å². The molecular formula is C16H22N2O. The van der Waals surface area contributed by atoms with Crippen LogP contribution in [-0.4, -0.2) is 29.9 Å². The highest BCUT2D eigenvalue weighted by atomic mass is 16.2. The van der Waals surface area contributed by atoms with Gasteiger partial charge in [0.25, 0.3) is 0 Å². The molecule has 0 bridgehead atoms. The molecule has 102 valence electrons. The van der Waals surface area contributed by atoms with Gasteiger partial charge in [-0.05, 0) is 30.4 Å². The second-order valence-electron chi connectivity index (χ2n) is 5.74. The lowest BCUT2D eigenvalue weighted by atomic mass is 9.94. The summed E-state index contributed by atoms with van der Waals surface area (Å²) in [6.07, 6.45) is 4.42. The molecule has 1 N–H and O–H groups in total. The minimum Gasteiger partial charge on any atom is -0.373 e. The first-order valence-electron chi connectivity index (χ1n) is 7.41. The van der Waals surface area contributed by atoms with Gasteiger partial charge in [-0.3, -0.25) is 4.79 Å². The largest absolute Gasteiger partial charge is 0.373 e. The highest BCUT2D eigenvalue weighted by molar-refractivity contribution is 5.87. The number of amides is 1. The van der Waals surface area contributed by atoms with E-state index in [1.165, 1.54) is 24.8 Å². The maximum atomic E-state index is 12.5. The van der Waals surface area contributed by atoms with Crippen LogP contribution in [0.5, 0.6) is 0 Å². The third kappa shape index (κ3) is 2.46. The van der Waals surface area contributed by atoms with Crippen molar-refractivity contribution in [3.8, 4) is 0 Å². The third-order valence-corrected chi connectivity index (χ3v) is 4.57. The Hall–Kier alpha value is -1.51. The van der Waals surface area contributed by atoms with Gasteiger partial charge in [0, 0.05) is 25.2 Å². The first kappa shape index (κ1) is 12.5. The van der Waals surface area contributed by atoms with Crippen molar-refractivity contribution in [1.82, 2.24) is 4.90 Å². The van der Waals surface area contributed by atoms with E-state index in [0.29, 0.717) is 0 Å². The van der Waals surface area contributed by atoms with Gasteiger partial charge in [-0.25, -0.2) is 0 Å². The normalized spacial score (nSPS) is 23.0. The van der Waals surface area contributed by atoms with Gasteiger partial charge in [-0.2, -0.15) is 0 Å². The van der Waals surface area contributed by atoms with Crippen LogP contribution in [0.3, 0.4) is 0 Å². The average Bonchev–Trinajstić information content (AvgIpc) is 2.90. The number of anilines is 1. The highest BCUT2D eigenvalue weighted by Gasteiger charge is 2.31. The number of piperidine rings is 1. The fraction of sp³-hybridized carbons (Fsp3) is 0.562. The Morgan fingerprint density at radius 3 is 2.74 bits per heavy atom. The molecule has 2 aliphatic rings. The number of fused-ring (bicyclic) bond motifs is 1.